The first-order chi connectivity index (χ1) is 14.8. The van der Waals surface area contributed by atoms with Gasteiger partial charge in [-0.2, -0.15) is 0 Å². The Balaban J connectivity index is 1.48. The molecule has 0 atom stereocenters. The Morgan fingerprint density at radius 2 is 1.74 bits per heavy atom. The largest absolute Gasteiger partial charge is 0.484 e. The van der Waals surface area contributed by atoms with Crippen molar-refractivity contribution in [2.75, 3.05) is 17.9 Å². The van der Waals surface area contributed by atoms with Crippen LogP contribution >= 0.6 is 0 Å². The number of sulfonamides is 1. The molecule has 0 spiro atoms. The molecule has 0 heterocycles. The molecule has 2 aromatic carbocycles. The second kappa shape index (κ2) is 10.5. The normalized spacial score (nSPS) is 13.9. The monoisotopic (exact) mass is 442 g/mol. The van der Waals surface area contributed by atoms with Crippen molar-refractivity contribution in [2.45, 2.75) is 50.8 Å². The third kappa shape index (κ3) is 7.14. The summed E-state index contributed by atoms with van der Waals surface area (Å²) in [6.07, 6.45) is 7.90. The molecule has 0 fully saturated rings. The lowest BCUT2D eigenvalue weighted by Gasteiger charge is -2.13. The molecule has 1 aliphatic carbocycles. The van der Waals surface area contributed by atoms with Crippen LogP contribution in [-0.4, -0.2) is 27.5 Å². The van der Waals surface area contributed by atoms with Gasteiger partial charge in [-0.3, -0.25) is 9.52 Å². The Morgan fingerprint density at radius 1 is 1.03 bits per heavy atom. The highest BCUT2D eigenvalue weighted by atomic mass is 32.2. The van der Waals surface area contributed by atoms with Crippen molar-refractivity contribution < 1.29 is 17.9 Å². The number of allylic oxidation sites excluding steroid dienone is 1. The van der Waals surface area contributed by atoms with Gasteiger partial charge < -0.3 is 10.1 Å². The van der Waals surface area contributed by atoms with Crippen molar-refractivity contribution in [1.29, 1.82) is 0 Å². The molecule has 0 saturated heterocycles. The van der Waals surface area contributed by atoms with Crippen molar-refractivity contribution in [1.82, 2.24) is 5.32 Å². The fraction of sp³-hybridized carbons (Fsp3) is 0.375. The van der Waals surface area contributed by atoms with Crippen LogP contribution in [0.4, 0.5) is 5.69 Å². The van der Waals surface area contributed by atoms with Crippen LogP contribution in [0, 0.1) is 13.8 Å². The summed E-state index contributed by atoms with van der Waals surface area (Å²) in [6, 6.07) is 11.6. The van der Waals surface area contributed by atoms with Crippen molar-refractivity contribution >= 4 is 21.6 Å². The number of ether oxygens (including phenoxy) is 1. The summed E-state index contributed by atoms with van der Waals surface area (Å²) in [4.78, 5) is 12.1. The number of aryl methyl sites for hydroxylation is 2. The molecule has 2 aromatic rings. The minimum atomic E-state index is -3.71. The molecule has 3 rings (SSSR count). The fourth-order valence-corrected chi connectivity index (χ4v) is 4.70. The zero-order chi connectivity index (χ0) is 22.3. The number of carbonyl (C=O) groups excluding carboxylic acids is 1. The lowest BCUT2D eigenvalue weighted by atomic mass is 9.97. The van der Waals surface area contributed by atoms with Gasteiger partial charge in [0.15, 0.2) is 6.61 Å². The molecular weight excluding hydrogens is 412 g/mol. The maximum absolute atomic E-state index is 12.6. The molecule has 0 bridgehead atoms. The summed E-state index contributed by atoms with van der Waals surface area (Å²) in [6.45, 7) is 4.34. The Bertz CT molecular complexity index is 1020. The van der Waals surface area contributed by atoms with Crippen LogP contribution in [-0.2, 0) is 14.8 Å². The van der Waals surface area contributed by atoms with Crippen molar-refractivity contribution in [3.8, 4) is 5.75 Å². The van der Waals surface area contributed by atoms with Crippen LogP contribution in [0.15, 0.2) is 59.0 Å². The fourth-order valence-electron chi connectivity index (χ4n) is 3.66. The molecule has 6 nitrogen and oxygen atoms in total. The van der Waals surface area contributed by atoms with Gasteiger partial charge in [0.2, 0.25) is 0 Å². The summed E-state index contributed by atoms with van der Waals surface area (Å²) in [5.74, 6) is 0.250. The van der Waals surface area contributed by atoms with Gasteiger partial charge in [-0.15, -0.1) is 0 Å². The number of amides is 1. The summed E-state index contributed by atoms with van der Waals surface area (Å²) >= 11 is 0. The lowest BCUT2D eigenvalue weighted by Crippen LogP contribution is -2.30. The minimum Gasteiger partial charge on any atom is -0.484 e. The molecule has 2 N–H and O–H groups in total. The standard InChI is InChI=1S/C24H30N2O4S/c1-18-14-19(2)16-21(15-18)26-31(28,29)23-10-8-22(9-11-23)30-17-24(27)25-13-12-20-6-4-3-5-7-20/h6,8-11,14-16,26H,3-5,7,12-13,17H2,1-2H3,(H,25,27). The van der Waals surface area contributed by atoms with E-state index < -0.39 is 10.0 Å². The Morgan fingerprint density at radius 3 is 2.39 bits per heavy atom. The first kappa shape index (κ1) is 22.9. The number of benzene rings is 2. The zero-order valence-corrected chi connectivity index (χ0v) is 18.9. The molecule has 0 aromatic heterocycles. The van der Waals surface area contributed by atoms with E-state index in [2.05, 4.69) is 16.1 Å². The van der Waals surface area contributed by atoms with E-state index in [0.717, 1.165) is 30.4 Å². The van der Waals surface area contributed by atoms with E-state index >= 15 is 0 Å². The molecule has 1 aliphatic rings. The minimum absolute atomic E-state index is 0.105. The van der Waals surface area contributed by atoms with Crippen LogP contribution in [0.5, 0.6) is 5.75 Å². The van der Waals surface area contributed by atoms with Crippen molar-refractivity contribution in [3.63, 3.8) is 0 Å². The van der Waals surface area contributed by atoms with Gasteiger partial charge >= 0.3 is 0 Å². The molecule has 7 heteroatoms. The van der Waals surface area contributed by atoms with Gasteiger partial charge in [0, 0.05) is 12.2 Å². The zero-order valence-electron chi connectivity index (χ0n) is 18.1. The van der Waals surface area contributed by atoms with E-state index in [1.165, 1.54) is 30.5 Å². The molecule has 0 radical (unpaired) electrons. The number of anilines is 1. The van der Waals surface area contributed by atoms with Crippen LogP contribution in [0.2, 0.25) is 0 Å². The number of nitrogens with one attached hydrogen (secondary N) is 2. The first-order valence-electron chi connectivity index (χ1n) is 10.6. The highest BCUT2D eigenvalue weighted by Crippen LogP contribution is 2.21. The van der Waals surface area contributed by atoms with E-state index in [9.17, 15) is 13.2 Å². The predicted octanol–water partition coefficient (Wildman–Crippen LogP) is 4.49. The molecule has 0 saturated carbocycles. The molecule has 1 amide bonds. The summed E-state index contributed by atoms with van der Waals surface area (Å²) in [5, 5.41) is 2.86. The third-order valence-corrected chi connectivity index (χ3v) is 6.53. The summed E-state index contributed by atoms with van der Waals surface area (Å²) in [5.41, 5.74) is 3.91. The Hall–Kier alpha value is -2.80. The molecule has 0 aliphatic heterocycles. The smallest absolute Gasteiger partial charge is 0.261 e. The molecular formula is C24H30N2O4S. The van der Waals surface area contributed by atoms with E-state index in [-0.39, 0.29) is 17.4 Å². The molecule has 0 unspecified atom stereocenters. The Kier molecular flexibility index (Phi) is 7.74. The van der Waals surface area contributed by atoms with Crippen LogP contribution in [0.1, 0.15) is 43.2 Å². The van der Waals surface area contributed by atoms with Gasteiger partial charge in [0.1, 0.15) is 5.75 Å². The SMILES string of the molecule is Cc1cc(C)cc(NS(=O)(=O)c2ccc(OCC(=O)NCCC3=CCCCC3)cc2)c1. The van der Waals surface area contributed by atoms with E-state index in [1.54, 1.807) is 24.3 Å². The van der Waals surface area contributed by atoms with E-state index in [0.29, 0.717) is 18.0 Å². The predicted molar refractivity (Wildman–Crippen MR) is 123 cm³/mol. The summed E-state index contributed by atoms with van der Waals surface area (Å²) in [7, 11) is -3.71. The third-order valence-electron chi connectivity index (χ3n) is 5.13. The number of hydrogen-bond acceptors (Lipinski definition) is 4. The second-order valence-electron chi connectivity index (χ2n) is 7.95. The number of hydrogen-bond donors (Lipinski definition) is 2. The average Bonchev–Trinajstić information content (AvgIpc) is 2.72. The molecule has 166 valence electrons. The second-order valence-corrected chi connectivity index (χ2v) is 9.63. The van der Waals surface area contributed by atoms with Gasteiger partial charge in [0.25, 0.3) is 15.9 Å². The van der Waals surface area contributed by atoms with Crippen LogP contribution in [0.3, 0.4) is 0 Å². The van der Waals surface area contributed by atoms with Crippen LogP contribution < -0.4 is 14.8 Å². The quantitative estimate of drug-likeness (QED) is 0.561. The summed E-state index contributed by atoms with van der Waals surface area (Å²) < 4.78 is 33.3. The van der Waals surface area contributed by atoms with Gasteiger partial charge in [-0.05, 0) is 93.5 Å². The number of carbonyl (C=O) groups is 1. The van der Waals surface area contributed by atoms with Crippen molar-refractivity contribution in [3.05, 3.63) is 65.2 Å². The lowest BCUT2D eigenvalue weighted by molar-refractivity contribution is -0.123. The maximum Gasteiger partial charge on any atom is 0.261 e. The molecule has 31 heavy (non-hydrogen) atoms. The van der Waals surface area contributed by atoms with Gasteiger partial charge in [0.05, 0.1) is 4.90 Å². The highest BCUT2D eigenvalue weighted by molar-refractivity contribution is 7.92. The first-order valence-corrected chi connectivity index (χ1v) is 12.1. The number of rotatable bonds is 9. The average molecular weight is 443 g/mol. The maximum atomic E-state index is 12.6. The van der Waals surface area contributed by atoms with Gasteiger partial charge in [-0.25, -0.2) is 8.42 Å². The van der Waals surface area contributed by atoms with Crippen molar-refractivity contribution in [2.24, 2.45) is 0 Å². The van der Waals surface area contributed by atoms with E-state index in [1.807, 2.05) is 19.9 Å². The van der Waals surface area contributed by atoms with Crippen LogP contribution in [0.25, 0.3) is 0 Å². The Labute approximate surface area is 184 Å². The van der Waals surface area contributed by atoms with Gasteiger partial charge in [-0.1, -0.05) is 17.7 Å². The van der Waals surface area contributed by atoms with E-state index in [4.69, 9.17) is 4.74 Å². The highest BCUT2D eigenvalue weighted by Gasteiger charge is 2.15. The topological polar surface area (TPSA) is 84.5 Å².